The van der Waals surface area contributed by atoms with Crippen LogP contribution >= 0.6 is 0 Å². The number of rotatable bonds is 0. The molecule has 13 heavy (non-hydrogen) atoms. The highest BCUT2D eigenvalue weighted by molar-refractivity contribution is 5.21. The molecule has 0 heterocycles. The van der Waals surface area contributed by atoms with E-state index in [2.05, 4.69) is 0 Å². The van der Waals surface area contributed by atoms with Gasteiger partial charge in [-0.05, 0) is 44.9 Å². The van der Waals surface area contributed by atoms with Crippen LogP contribution in [0.25, 0.3) is 0 Å². The van der Waals surface area contributed by atoms with E-state index in [1.165, 1.54) is 44.9 Å². The molecular weight excluding hydrogens is 156 g/mol. The van der Waals surface area contributed by atoms with E-state index >= 15 is 0 Å². The Kier molecular flexibility index (Phi) is 8.18. The molecule has 2 aliphatic rings. The smallest absolute Gasteiger partial charge is 0.0315 e. The highest BCUT2D eigenvalue weighted by Gasteiger charge is 2.16. The van der Waals surface area contributed by atoms with Crippen LogP contribution in [-0.2, 0) is 0 Å². The fourth-order valence-corrected chi connectivity index (χ4v) is 2.15. The minimum absolute atomic E-state index is 1.44. The minimum atomic E-state index is 1.44. The summed E-state index contributed by atoms with van der Waals surface area (Å²) in [6.07, 6.45) is 10.2. The van der Waals surface area contributed by atoms with E-state index in [0.29, 0.717) is 0 Å². The van der Waals surface area contributed by atoms with Crippen molar-refractivity contribution >= 4 is 0 Å². The highest BCUT2D eigenvalue weighted by atomic mass is 14.2. The summed E-state index contributed by atoms with van der Waals surface area (Å²) in [5, 5.41) is 0. The maximum atomic E-state index is 2.00. The summed E-state index contributed by atoms with van der Waals surface area (Å²) in [7, 11) is 0. The molecule has 0 N–H and O–H groups in total. The van der Waals surface area contributed by atoms with Gasteiger partial charge in [0.05, 0.1) is 0 Å². The molecule has 0 aromatic heterocycles. The van der Waals surface area contributed by atoms with Gasteiger partial charge in [-0.3, -0.25) is 0 Å². The molecule has 0 unspecified atom stereocenters. The van der Waals surface area contributed by atoms with Crippen LogP contribution < -0.4 is 0 Å². The molecule has 0 heteroatoms. The van der Waals surface area contributed by atoms with E-state index in [-0.39, 0.29) is 0 Å². The molecule has 0 nitrogen and oxygen atoms in total. The van der Waals surface area contributed by atoms with Gasteiger partial charge in [0.15, 0.2) is 0 Å². The van der Waals surface area contributed by atoms with Gasteiger partial charge in [-0.25, -0.2) is 0 Å². The lowest BCUT2D eigenvalue weighted by Crippen LogP contribution is -1.92. The van der Waals surface area contributed by atoms with Gasteiger partial charge in [0.1, 0.15) is 0 Å². The zero-order chi connectivity index (χ0) is 10.1. The standard InChI is InChI=1S/C9H14.2C2H6/c1-2-5-9-7-3-6-8(9)4-1;2*1-2/h1-7H2;2*1-2H3. The van der Waals surface area contributed by atoms with Gasteiger partial charge in [0.2, 0.25) is 0 Å². The van der Waals surface area contributed by atoms with Crippen LogP contribution in [0.3, 0.4) is 0 Å². The van der Waals surface area contributed by atoms with Crippen molar-refractivity contribution in [3.8, 4) is 0 Å². The third-order valence-corrected chi connectivity index (χ3v) is 2.66. The van der Waals surface area contributed by atoms with E-state index in [9.17, 15) is 0 Å². The Bertz CT molecular complexity index is 126. The fourth-order valence-electron chi connectivity index (χ4n) is 2.15. The molecular formula is C13H26. The molecule has 0 bridgehead atoms. The minimum Gasteiger partial charge on any atom is -0.0710 e. The van der Waals surface area contributed by atoms with Gasteiger partial charge in [-0.15, -0.1) is 0 Å². The Morgan fingerprint density at radius 2 is 0.846 bits per heavy atom. The number of hydrogen-bond donors (Lipinski definition) is 0. The predicted molar refractivity (Wildman–Crippen MR) is 62.0 cm³/mol. The topological polar surface area (TPSA) is 0 Å². The third-order valence-electron chi connectivity index (χ3n) is 2.66. The maximum absolute atomic E-state index is 2.00. The van der Waals surface area contributed by atoms with Gasteiger partial charge >= 0.3 is 0 Å². The molecule has 0 radical (unpaired) electrons. The molecule has 0 aromatic rings. The second-order valence-electron chi connectivity index (χ2n) is 3.27. The molecule has 0 amide bonds. The second kappa shape index (κ2) is 8.34. The normalized spacial score (nSPS) is 19.4. The SMILES string of the molecule is C1CCC2=C(C1)CCC2.CC.CC. The van der Waals surface area contributed by atoms with Gasteiger partial charge < -0.3 is 0 Å². The van der Waals surface area contributed by atoms with Crippen molar-refractivity contribution in [1.82, 2.24) is 0 Å². The predicted octanol–water partition coefficient (Wildman–Crippen LogP) is 5.09. The summed E-state index contributed by atoms with van der Waals surface area (Å²) < 4.78 is 0. The van der Waals surface area contributed by atoms with Crippen molar-refractivity contribution in [3.05, 3.63) is 11.1 Å². The summed E-state index contributed by atoms with van der Waals surface area (Å²) >= 11 is 0. The van der Waals surface area contributed by atoms with E-state index in [1.54, 1.807) is 0 Å². The number of allylic oxidation sites excluding steroid dienone is 2. The fraction of sp³-hybridized carbons (Fsp3) is 0.846. The van der Waals surface area contributed by atoms with Gasteiger partial charge in [0, 0.05) is 0 Å². The molecule has 78 valence electrons. The van der Waals surface area contributed by atoms with Crippen molar-refractivity contribution < 1.29 is 0 Å². The van der Waals surface area contributed by atoms with E-state index in [0.717, 1.165) is 0 Å². The lowest BCUT2D eigenvalue weighted by atomic mass is 9.94. The van der Waals surface area contributed by atoms with Gasteiger partial charge in [0.25, 0.3) is 0 Å². The van der Waals surface area contributed by atoms with E-state index < -0.39 is 0 Å². The van der Waals surface area contributed by atoms with Gasteiger partial charge in [-0.2, -0.15) is 0 Å². The zero-order valence-corrected chi connectivity index (χ0v) is 9.95. The first kappa shape index (κ1) is 12.7. The highest BCUT2D eigenvalue weighted by Crippen LogP contribution is 2.36. The lowest BCUT2D eigenvalue weighted by molar-refractivity contribution is 0.672. The van der Waals surface area contributed by atoms with Gasteiger partial charge in [-0.1, -0.05) is 38.8 Å². The van der Waals surface area contributed by atoms with Crippen LogP contribution in [0.4, 0.5) is 0 Å². The van der Waals surface area contributed by atoms with Crippen LogP contribution in [0.15, 0.2) is 11.1 Å². The monoisotopic (exact) mass is 182 g/mol. The Hall–Kier alpha value is -0.260. The van der Waals surface area contributed by atoms with Crippen molar-refractivity contribution in [3.63, 3.8) is 0 Å². The molecule has 2 aliphatic carbocycles. The summed E-state index contributed by atoms with van der Waals surface area (Å²) in [5.74, 6) is 0. The number of hydrogen-bond acceptors (Lipinski definition) is 0. The Labute approximate surface area is 84.4 Å². The second-order valence-corrected chi connectivity index (χ2v) is 3.27. The largest absolute Gasteiger partial charge is 0.0710 e. The average Bonchev–Trinajstić information content (AvgIpc) is 2.71. The van der Waals surface area contributed by atoms with E-state index in [1.807, 2.05) is 38.8 Å². The molecule has 2 rings (SSSR count). The first-order valence-electron chi connectivity index (χ1n) is 6.16. The Morgan fingerprint density at radius 3 is 1.23 bits per heavy atom. The third kappa shape index (κ3) is 3.97. The molecule has 0 atom stereocenters. The molecule has 0 spiro atoms. The van der Waals surface area contributed by atoms with Crippen LogP contribution in [-0.4, -0.2) is 0 Å². The first-order valence-corrected chi connectivity index (χ1v) is 6.16. The van der Waals surface area contributed by atoms with Crippen LogP contribution in [0, 0.1) is 0 Å². The summed E-state index contributed by atoms with van der Waals surface area (Å²) in [6, 6.07) is 0. The quantitative estimate of drug-likeness (QED) is 0.458. The van der Waals surface area contributed by atoms with Crippen LogP contribution in [0.5, 0.6) is 0 Å². The molecule has 0 fully saturated rings. The Balaban J connectivity index is 0.000000322. The van der Waals surface area contributed by atoms with E-state index in [4.69, 9.17) is 0 Å². The molecule has 0 aliphatic heterocycles. The van der Waals surface area contributed by atoms with Crippen molar-refractivity contribution in [2.75, 3.05) is 0 Å². The summed E-state index contributed by atoms with van der Waals surface area (Å²) in [5.41, 5.74) is 3.67. The molecule has 0 saturated heterocycles. The summed E-state index contributed by atoms with van der Waals surface area (Å²) in [6.45, 7) is 8.00. The molecule has 0 saturated carbocycles. The maximum Gasteiger partial charge on any atom is -0.0315 e. The average molecular weight is 182 g/mol. The van der Waals surface area contributed by atoms with Crippen molar-refractivity contribution in [1.29, 1.82) is 0 Å². The first-order chi connectivity index (χ1) is 6.47. The van der Waals surface area contributed by atoms with Crippen molar-refractivity contribution in [2.24, 2.45) is 0 Å². The summed E-state index contributed by atoms with van der Waals surface area (Å²) in [4.78, 5) is 0. The Morgan fingerprint density at radius 1 is 0.538 bits per heavy atom. The lowest BCUT2D eigenvalue weighted by Gasteiger charge is -2.12. The van der Waals surface area contributed by atoms with Crippen LogP contribution in [0.1, 0.15) is 72.6 Å². The van der Waals surface area contributed by atoms with Crippen molar-refractivity contribution in [2.45, 2.75) is 72.6 Å². The van der Waals surface area contributed by atoms with Crippen LogP contribution in [0.2, 0.25) is 0 Å². The zero-order valence-electron chi connectivity index (χ0n) is 9.95. The molecule has 0 aromatic carbocycles.